The van der Waals surface area contributed by atoms with Crippen LogP contribution in [0.25, 0.3) is 0 Å². The van der Waals surface area contributed by atoms with Gasteiger partial charge in [0, 0.05) is 44.1 Å². The van der Waals surface area contributed by atoms with Gasteiger partial charge < -0.3 is 14.6 Å². The smallest absolute Gasteiger partial charge is 0.178 e. The molecule has 2 heterocycles. The molecule has 1 aromatic heterocycles. The van der Waals surface area contributed by atoms with Crippen molar-refractivity contribution in [2.45, 2.75) is 18.6 Å². The van der Waals surface area contributed by atoms with Gasteiger partial charge in [0.05, 0.1) is 12.6 Å². The fourth-order valence-corrected chi connectivity index (χ4v) is 2.71. The van der Waals surface area contributed by atoms with Crippen molar-refractivity contribution >= 4 is 5.78 Å². The average Bonchev–Trinajstić information content (AvgIpc) is 2.85. The molecule has 0 radical (unpaired) electrons. The summed E-state index contributed by atoms with van der Waals surface area (Å²) in [5.41, 5.74) is 0.743. The number of likely N-dealkylation sites (N-methyl/N-ethyl adjacent to an activating group) is 1. The molecule has 1 aromatic rings. The van der Waals surface area contributed by atoms with Crippen molar-refractivity contribution in [3.63, 3.8) is 0 Å². The third kappa shape index (κ3) is 3.65. The van der Waals surface area contributed by atoms with Gasteiger partial charge in [-0.2, -0.15) is 0 Å². The van der Waals surface area contributed by atoms with E-state index in [0.29, 0.717) is 13.1 Å². The number of carbonyl (C=O) groups is 1. The number of hydrogen-bond donors (Lipinski definition) is 1. The molecule has 0 spiro atoms. The van der Waals surface area contributed by atoms with E-state index in [1.165, 1.54) is 0 Å². The van der Waals surface area contributed by atoms with E-state index >= 15 is 0 Å². The lowest BCUT2D eigenvalue weighted by atomic mass is 10.1. The first-order chi connectivity index (χ1) is 8.95. The number of β-amino-alcohol motifs (C(OH)–C–C–N with tert-alkyl or cyclic N) is 1. The molecule has 0 aromatic carbocycles. The van der Waals surface area contributed by atoms with E-state index in [2.05, 4.69) is 9.80 Å². The predicted octanol–water partition coefficient (Wildman–Crippen LogP) is 0.205. The lowest BCUT2D eigenvalue weighted by Crippen LogP contribution is -2.40. The number of carbonyl (C=O) groups excluding carboxylic acids is 1. The van der Waals surface area contributed by atoms with Crippen LogP contribution in [-0.2, 0) is 7.05 Å². The number of rotatable bonds is 5. The summed E-state index contributed by atoms with van der Waals surface area (Å²) in [6.07, 6.45) is 4.16. The summed E-state index contributed by atoms with van der Waals surface area (Å²) in [7, 11) is 5.94. The Bertz CT molecular complexity index is 442. The fraction of sp³-hybridized carbons (Fsp3) is 0.643. The first kappa shape index (κ1) is 14.2. The van der Waals surface area contributed by atoms with Crippen LogP contribution in [0.15, 0.2) is 18.5 Å². The van der Waals surface area contributed by atoms with Crippen LogP contribution in [0.4, 0.5) is 0 Å². The maximum Gasteiger partial charge on any atom is 0.178 e. The predicted molar refractivity (Wildman–Crippen MR) is 74.3 cm³/mol. The number of aliphatic hydroxyl groups excluding tert-OH is 1. The largest absolute Gasteiger partial charge is 0.392 e. The van der Waals surface area contributed by atoms with Crippen LogP contribution in [0.3, 0.4) is 0 Å². The van der Waals surface area contributed by atoms with Crippen molar-refractivity contribution in [3.05, 3.63) is 24.0 Å². The Labute approximate surface area is 114 Å². The Morgan fingerprint density at radius 3 is 2.84 bits per heavy atom. The minimum absolute atomic E-state index is 0.124. The Morgan fingerprint density at radius 1 is 1.53 bits per heavy atom. The number of hydrogen-bond acceptors (Lipinski definition) is 4. The molecule has 2 atom stereocenters. The van der Waals surface area contributed by atoms with E-state index in [0.717, 1.165) is 18.5 Å². The molecule has 0 aliphatic carbocycles. The third-order valence-electron chi connectivity index (χ3n) is 3.58. The lowest BCUT2D eigenvalue weighted by Gasteiger charge is -2.25. The van der Waals surface area contributed by atoms with Gasteiger partial charge in [0.15, 0.2) is 5.78 Å². The van der Waals surface area contributed by atoms with Crippen LogP contribution in [0, 0.1) is 0 Å². The summed E-state index contributed by atoms with van der Waals surface area (Å²) in [5.74, 6) is 0.124. The van der Waals surface area contributed by atoms with Gasteiger partial charge in [-0.25, -0.2) is 0 Å². The van der Waals surface area contributed by atoms with E-state index in [9.17, 15) is 9.90 Å². The van der Waals surface area contributed by atoms with Gasteiger partial charge in [-0.05, 0) is 26.6 Å². The number of Topliss-reactive ketones (excluding diaryl/α,β-unsaturated/α-hetero) is 1. The molecule has 2 unspecified atom stereocenters. The first-order valence-corrected chi connectivity index (χ1v) is 6.67. The minimum Gasteiger partial charge on any atom is -0.392 e. The second-order valence-corrected chi connectivity index (χ2v) is 5.72. The summed E-state index contributed by atoms with van der Waals surface area (Å²) in [6, 6.07) is 2.10. The number of nitrogens with zero attached hydrogens (tertiary/aromatic N) is 3. The molecule has 5 nitrogen and oxygen atoms in total. The first-order valence-electron chi connectivity index (χ1n) is 6.67. The van der Waals surface area contributed by atoms with Crippen LogP contribution >= 0.6 is 0 Å². The van der Waals surface area contributed by atoms with Gasteiger partial charge in [-0.15, -0.1) is 0 Å². The second-order valence-electron chi connectivity index (χ2n) is 5.72. The Kier molecular flexibility index (Phi) is 4.39. The average molecular weight is 265 g/mol. The van der Waals surface area contributed by atoms with Crippen LogP contribution in [0.2, 0.25) is 0 Å². The van der Waals surface area contributed by atoms with Crippen molar-refractivity contribution < 1.29 is 9.90 Å². The summed E-state index contributed by atoms with van der Waals surface area (Å²) in [4.78, 5) is 16.4. The van der Waals surface area contributed by atoms with E-state index in [1.807, 2.05) is 44.2 Å². The zero-order valence-corrected chi connectivity index (χ0v) is 11.9. The Hall–Kier alpha value is -1.17. The van der Waals surface area contributed by atoms with Crippen LogP contribution in [0.5, 0.6) is 0 Å². The molecular weight excluding hydrogens is 242 g/mol. The number of aromatic nitrogens is 1. The molecule has 0 amide bonds. The molecule has 19 heavy (non-hydrogen) atoms. The highest BCUT2D eigenvalue weighted by Gasteiger charge is 2.32. The van der Waals surface area contributed by atoms with Crippen molar-refractivity contribution in [2.75, 3.05) is 33.7 Å². The summed E-state index contributed by atoms with van der Waals surface area (Å²) in [6.45, 7) is 1.86. The molecule has 0 saturated carbocycles. The zero-order valence-electron chi connectivity index (χ0n) is 11.9. The molecule has 1 fully saturated rings. The normalized spacial score (nSPS) is 24.3. The summed E-state index contributed by atoms with van der Waals surface area (Å²) >= 11 is 0. The van der Waals surface area contributed by atoms with Crippen molar-refractivity contribution in [1.82, 2.24) is 14.4 Å². The minimum atomic E-state index is -0.312. The van der Waals surface area contributed by atoms with E-state index in [4.69, 9.17) is 0 Å². The fourth-order valence-electron chi connectivity index (χ4n) is 2.71. The van der Waals surface area contributed by atoms with Crippen LogP contribution in [-0.4, -0.2) is 71.1 Å². The SMILES string of the molecule is CN(C)CC1CC(O)CN1CC(=O)c1ccn(C)c1. The highest BCUT2D eigenvalue weighted by Crippen LogP contribution is 2.19. The van der Waals surface area contributed by atoms with Crippen molar-refractivity contribution in [2.24, 2.45) is 7.05 Å². The van der Waals surface area contributed by atoms with Crippen LogP contribution in [0.1, 0.15) is 16.8 Å². The maximum absolute atomic E-state index is 12.2. The lowest BCUT2D eigenvalue weighted by molar-refractivity contribution is 0.0902. The van der Waals surface area contributed by atoms with Gasteiger partial charge in [0.2, 0.25) is 0 Å². The standard InChI is InChI=1S/C14H23N3O2/c1-15(2)8-12-6-13(18)9-17(12)10-14(19)11-4-5-16(3)7-11/h4-5,7,12-13,18H,6,8-10H2,1-3H3. The molecule has 5 heteroatoms. The molecule has 1 aliphatic rings. The van der Waals surface area contributed by atoms with Gasteiger partial charge >= 0.3 is 0 Å². The highest BCUT2D eigenvalue weighted by atomic mass is 16.3. The number of likely N-dealkylation sites (tertiary alicyclic amines) is 1. The molecule has 0 bridgehead atoms. The second kappa shape index (κ2) is 5.86. The molecule has 106 valence electrons. The summed E-state index contributed by atoms with van der Waals surface area (Å²) < 4.78 is 1.88. The molecule has 1 aliphatic heterocycles. The number of aryl methyl sites for hydroxylation is 1. The van der Waals surface area contributed by atoms with Gasteiger partial charge in [-0.3, -0.25) is 9.69 Å². The van der Waals surface area contributed by atoms with Crippen LogP contribution < -0.4 is 0 Å². The third-order valence-corrected chi connectivity index (χ3v) is 3.58. The zero-order chi connectivity index (χ0) is 14.0. The van der Waals surface area contributed by atoms with E-state index < -0.39 is 0 Å². The van der Waals surface area contributed by atoms with Crippen molar-refractivity contribution in [3.8, 4) is 0 Å². The van der Waals surface area contributed by atoms with E-state index in [1.54, 1.807) is 0 Å². The topological polar surface area (TPSA) is 48.7 Å². The van der Waals surface area contributed by atoms with Gasteiger partial charge in [0.1, 0.15) is 0 Å². The molecular formula is C14H23N3O2. The van der Waals surface area contributed by atoms with Gasteiger partial charge in [0.25, 0.3) is 0 Å². The Balaban J connectivity index is 1.98. The number of aliphatic hydroxyl groups is 1. The molecule has 2 rings (SSSR count). The molecule has 1 saturated heterocycles. The number of ketones is 1. The Morgan fingerprint density at radius 2 is 2.26 bits per heavy atom. The monoisotopic (exact) mass is 265 g/mol. The van der Waals surface area contributed by atoms with E-state index in [-0.39, 0.29) is 17.9 Å². The summed E-state index contributed by atoms with van der Waals surface area (Å²) in [5, 5.41) is 9.79. The molecule has 1 N–H and O–H groups in total. The van der Waals surface area contributed by atoms with Crippen molar-refractivity contribution in [1.29, 1.82) is 0 Å². The van der Waals surface area contributed by atoms with Gasteiger partial charge in [-0.1, -0.05) is 0 Å². The quantitative estimate of drug-likeness (QED) is 0.773. The highest BCUT2D eigenvalue weighted by molar-refractivity contribution is 5.97. The maximum atomic E-state index is 12.2.